The van der Waals surface area contributed by atoms with Gasteiger partial charge in [-0.1, -0.05) is 0 Å². The zero-order chi connectivity index (χ0) is 16.3. The minimum Gasteiger partial charge on any atom is -0.447 e. The van der Waals surface area contributed by atoms with Crippen LogP contribution in [-0.4, -0.2) is 50.7 Å². The van der Waals surface area contributed by atoms with Crippen molar-refractivity contribution in [2.45, 2.75) is 38.8 Å². The Balaban J connectivity index is 1.92. The van der Waals surface area contributed by atoms with Gasteiger partial charge in [-0.2, -0.15) is 0 Å². The summed E-state index contributed by atoms with van der Waals surface area (Å²) in [5.74, 6) is 0.220. The highest BCUT2D eigenvalue weighted by atomic mass is 16.6. The Morgan fingerprint density at radius 3 is 2.68 bits per heavy atom. The first-order chi connectivity index (χ1) is 10.4. The van der Waals surface area contributed by atoms with Crippen LogP contribution in [0.15, 0.2) is 6.33 Å². The Morgan fingerprint density at radius 1 is 1.50 bits per heavy atom. The van der Waals surface area contributed by atoms with Crippen molar-refractivity contribution in [3.63, 3.8) is 0 Å². The van der Waals surface area contributed by atoms with E-state index in [0.29, 0.717) is 31.7 Å². The summed E-state index contributed by atoms with van der Waals surface area (Å²) in [6.45, 7) is 4.76. The smallest absolute Gasteiger partial charge is 0.410 e. The van der Waals surface area contributed by atoms with Gasteiger partial charge in [0.15, 0.2) is 0 Å². The van der Waals surface area contributed by atoms with Gasteiger partial charge in [-0.3, -0.25) is 4.57 Å². The number of hydrogen-bond acceptors (Lipinski definition) is 6. The molecule has 0 atom stereocenters. The third-order valence-corrected chi connectivity index (χ3v) is 3.52. The molecule has 0 bridgehead atoms. The third kappa shape index (κ3) is 3.66. The maximum atomic E-state index is 11.8. The van der Waals surface area contributed by atoms with Gasteiger partial charge in [0.05, 0.1) is 6.10 Å². The first-order valence-electron chi connectivity index (χ1n) is 7.26. The van der Waals surface area contributed by atoms with Crippen molar-refractivity contribution >= 4 is 17.7 Å². The molecule has 0 spiro atoms. The molecule has 1 N–H and O–H groups in total. The van der Waals surface area contributed by atoms with Crippen LogP contribution >= 0.6 is 0 Å². The van der Waals surface area contributed by atoms with Gasteiger partial charge in [0.2, 0.25) is 12.1 Å². The zero-order valence-corrected chi connectivity index (χ0v) is 13.0. The second-order valence-corrected chi connectivity index (χ2v) is 5.62. The molecule has 22 heavy (non-hydrogen) atoms. The third-order valence-electron chi connectivity index (χ3n) is 3.52. The van der Waals surface area contributed by atoms with Crippen molar-refractivity contribution in [3.05, 3.63) is 16.4 Å². The standard InChI is InChI=1S/C13H21N5O4/c1-9(2)22-13(19)17-6-4-10(5-7-17)15-12-11(18(20)21)14-8-16(12)3/h8-10,15H,4-7H2,1-3H3. The Hall–Kier alpha value is -2.32. The number of ether oxygens (including phenoxy) is 1. The zero-order valence-electron chi connectivity index (χ0n) is 13.0. The van der Waals surface area contributed by atoms with Crippen LogP contribution in [-0.2, 0) is 11.8 Å². The quantitative estimate of drug-likeness (QED) is 0.671. The molecule has 1 amide bonds. The van der Waals surface area contributed by atoms with Crippen molar-refractivity contribution in [2.24, 2.45) is 7.05 Å². The molecular weight excluding hydrogens is 290 g/mol. The lowest BCUT2D eigenvalue weighted by Gasteiger charge is -2.32. The fourth-order valence-corrected chi connectivity index (χ4v) is 2.39. The lowest BCUT2D eigenvalue weighted by molar-refractivity contribution is -0.388. The SMILES string of the molecule is CC(C)OC(=O)N1CCC(Nc2c([N+](=O)[O-])ncn2C)CC1. The second kappa shape index (κ2) is 6.63. The summed E-state index contributed by atoms with van der Waals surface area (Å²) >= 11 is 0. The van der Waals surface area contributed by atoms with Crippen LogP contribution < -0.4 is 5.32 Å². The monoisotopic (exact) mass is 311 g/mol. The van der Waals surface area contributed by atoms with Crippen molar-refractivity contribution in [1.29, 1.82) is 0 Å². The number of aryl methyl sites for hydroxylation is 1. The average Bonchev–Trinajstić information content (AvgIpc) is 2.80. The maximum Gasteiger partial charge on any atom is 0.410 e. The number of anilines is 1. The first kappa shape index (κ1) is 16.1. The Labute approximate surface area is 128 Å². The number of carbonyl (C=O) groups is 1. The lowest BCUT2D eigenvalue weighted by atomic mass is 10.1. The molecule has 0 radical (unpaired) electrons. The predicted molar refractivity (Wildman–Crippen MR) is 79.7 cm³/mol. The van der Waals surface area contributed by atoms with E-state index in [9.17, 15) is 14.9 Å². The molecule has 1 aromatic rings. The number of amides is 1. The molecule has 9 heteroatoms. The molecule has 0 aliphatic carbocycles. The van der Waals surface area contributed by atoms with E-state index in [1.165, 1.54) is 6.33 Å². The van der Waals surface area contributed by atoms with Crippen LogP contribution in [0.25, 0.3) is 0 Å². The summed E-state index contributed by atoms with van der Waals surface area (Å²) < 4.78 is 6.76. The Morgan fingerprint density at radius 2 is 2.14 bits per heavy atom. The van der Waals surface area contributed by atoms with E-state index in [1.807, 2.05) is 13.8 Å². The van der Waals surface area contributed by atoms with Gasteiger partial charge >= 0.3 is 11.9 Å². The number of imidazole rings is 1. The van der Waals surface area contributed by atoms with Crippen LogP contribution in [0.3, 0.4) is 0 Å². The minimum absolute atomic E-state index is 0.0669. The highest BCUT2D eigenvalue weighted by molar-refractivity contribution is 5.68. The highest BCUT2D eigenvalue weighted by Crippen LogP contribution is 2.24. The topological polar surface area (TPSA) is 103 Å². The van der Waals surface area contributed by atoms with Crippen molar-refractivity contribution in [1.82, 2.24) is 14.5 Å². The van der Waals surface area contributed by atoms with E-state index in [-0.39, 0.29) is 24.1 Å². The number of rotatable bonds is 4. The number of aromatic nitrogens is 2. The highest BCUT2D eigenvalue weighted by Gasteiger charge is 2.27. The molecule has 122 valence electrons. The normalized spacial score (nSPS) is 15.9. The predicted octanol–water partition coefficient (Wildman–Crippen LogP) is 1.75. The molecule has 1 aromatic heterocycles. The van der Waals surface area contributed by atoms with Crippen LogP contribution in [0, 0.1) is 10.1 Å². The van der Waals surface area contributed by atoms with Crippen molar-refractivity contribution in [2.75, 3.05) is 18.4 Å². The molecule has 0 saturated carbocycles. The number of nitrogens with zero attached hydrogens (tertiary/aromatic N) is 4. The van der Waals surface area contributed by atoms with Crippen LogP contribution in [0.2, 0.25) is 0 Å². The minimum atomic E-state index is -0.503. The summed E-state index contributed by atoms with van der Waals surface area (Å²) in [7, 11) is 1.71. The number of piperidine rings is 1. The molecule has 1 saturated heterocycles. The van der Waals surface area contributed by atoms with Crippen molar-refractivity contribution < 1.29 is 14.5 Å². The number of carbonyl (C=O) groups excluding carboxylic acids is 1. The fourth-order valence-electron chi connectivity index (χ4n) is 2.39. The molecule has 9 nitrogen and oxygen atoms in total. The van der Waals surface area contributed by atoms with Gasteiger partial charge in [-0.05, 0) is 36.6 Å². The summed E-state index contributed by atoms with van der Waals surface area (Å²) in [6, 6.07) is 0.0669. The van der Waals surface area contributed by atoms with Gasteiger partial charge in [0, 0.05) is 26.2 Å². The van der Waals surface area contributed by atoms with Crippen LogP contribution in [0.1, 0.15) is 26.7 Å². The van der Waals surface area contributed by atoms with Crippen molar-refractivity contribution in [3.8, 4) is 0 Å². The van der Waals surface area contributed by atoms with E-state index >= 15 is 0 Å². The first-order valence-corrected chi connectivity index (χ1v) is 7.26. The van der Waals surface area contributed by atoms with E-state index in [4.69, 9.17) is 4.74 Å². The summed E-state index contributed by atoms with van der Waals surface area (Å²) in [4.78, 5) is 27.7. The Bertz CT molecular complexity index is 549. The van der Waals surface area contributed by atoms with E-state index in [1.54, 1.807) is 16.5 Å². The van der Waals surface area contributed by atoms with Crippen LogP contribution in [0.5, 0.6) is 0 Å². The molecule has 1 aliphatic rings. The van der Waals surface area contributed by atoms with Gasteiger partial charge in [0.1, 0.15) is 0 Å². The van der Waals surface area contributed by atoms with E-state index in [2.05, 4.69) is 10.3 Å². The number of nitro groups is 1. The average molecular weight is 311 g/mol. The molecule has 2 heterocycles. The molecule has 1 aliphatic heterocycles. The lowest BCUT2D eigenvalue weighted by Crippen LogP contribution is -2.43. The van der Waals surface area contributed by atoms with Crippen LogP contribution in [0.4, 0.5) is 16.4 Å². The van der Waals surface area contributed by atoms with E-state index < -0.39 is 4.92 Å². The van der Waals surface area contributed by atoms with Gasteiger partial charge in [-0.25, -0.2) is 4.79 Å². The maximum absolute atomic E-state index is 11.8. The molecule has 2 rings (SSSR count). The Kier molecular flexibility index (Phi) is 4.84. The molecule has 1 fully saturated rings. The van der Waals surface area contributed by atoms with Gasteiger partial charge < -0.3 is 25.1 Å². The molecule has 0 unspecified atom stereocenters. The van der Waals surface area contributed by atoms with Gasteiger partial charge in [-0.15, -0.1) is 0 Å². The number of likely N-dealkylation sites (tertiary alicyclic amines) is 1. The summed E-state index contributed by atoms with van der Waals surface area (Å²) in [5, 5.41) is 14.1. The molecule has 0 aromatic carbocycles. The summed E-state index contributed by atoms with van der Waals surface area (Å²) in [6.07, 6.45) is 2.38. The number of hydrogen-bond donors (Lipinski definition) is 1. The largest absolute Gasteiger partial charge is 0.447 e. The molecular formula is C13H21N5O4. The summed E-state index contributed by atoms with van der Waals surface area (Å²) in [5.41, 5.74) is 0. The number of nitrogens with one attached hydrogen (secondary N) is 1. The van der Waals surface area contributed by atoms with E-state index in [0.717, 1.165) is 0 Å². The fraction of sp³-hybridized carbons (Fsp3) is 0.692. The second-order valence-electron chi connectivity index (χ2n) is 5.62. The van der Waals surface area contributed by atoms with Gasteiger partial charge in [0.25, 0.3) is 0 Å².